The lowest BCUT2D eigenvalue weighted by atomic mass is 10.1. The highest BCUT2D eigenvalue weighted by Gasteiger charge is 2.28. The van der Waals surface area contributed by atoms with Gasteiger partial charge in [-0.1, -0.05) is 48.9 Å². The number of halogens is 1. The summed E-state index contributed by atoms with van der Waals surface area (Å²) in [5, 5.41) is 3.19. The van der Waals surface area contributed by atoms with Gasteiger partial charge in [0.25, 0.3) is 5.91 Å². The van der Waals surface area contributed by atoms with Gasteiger partial charge >= 0.3 is 0 Å². The lowest BCUT2D eigenvalue weighted by molar-refractivity contribution is -0.142. The predicted octanol–water partition coefficient (Wildman–Crippen LogP) is 3.89. The molecule has 2 aromatic rings. The average Bonchev–Trinajstić information content (AvgIpc) is 2.69. The molecule has 0 aliphatic heterocycles. The number of aryl methyl sites for hydroxylation is 2. The third kappa shape index (κ3) is 5.49. The molecule has 0 aromatic heterocycles. The molecular formula is C22H27ClN2O3. The van der Waals surface area contributed by atoms with Crippen molar-refractivity contribution in [3.05, 3.63) is 64.2 Å². The summed E-state index contributed by atoms with van der Waals surface area (Å²) in [4.78, 5) is 26.9. The van der Waals surface area contributed by atoms with Crippen molar-refractivity contribution in [1.29, 1.82) is 0 Å². The Morgan fingerprint density at radius 3 is 2.54 bits per heavy atom. The number of ether oxygens (including phenoxy) is 1. The molecule has 2 rings (SSSR count). The molecule has 0 unspecified atom stereocenters. The van der Waals surface area contributed by atoms with Crippen LogP contribution in [0.5, 0.6) is 5.75 Å². The predicted molar refractivity (Wildman–Crippen MR) is 112 cm³/mol. The molecule has 1 N–H and O–H groups in total. The molecule has 6 heteroatoms. The first-order valence-corrected chi connectivity index (χ1v) is 9.69. The number of nitrogens with zero attached hydrogens (tertiary/aromatic N) is 1. The van der Waals surface area contributed by atoms with Crippen LogP contribution in [0.15, 0.2) is 42.5 Å². The molecule has 0 heterocycles. The van der Waals surface area contributed by atoms with E-state index >= 15 is 0 Å². The van der Waals surface area contributed by atoms with E-state index in [1.54, 1.807) is 13.1 Å². The van der Waals surface area contributed by atoms with E-state index in [1.807, 2.05) is 57.2 Å². The molecule has 0 aliphatic carbocycles. The summed E-state index contributed by atoms with van der Waals surface area (Å²) >= 11 is 6.28. The zero-order valence-electron chi connectivity index (χ0n) is 16.8. The fourth-order valence-corrected chi connectivity index (χ4v) is 3.18. The zero-order valence-corrected chi connectivity index (χ0v) is 17.5. The SMILES string of the molecule is CC[C@H](C(=O)NC)N(Cc1ccccc1Cl)C(=O)COc1cc(C)ccc1C. The summed E-state index contributed by atoms with van der Waals surface area (Å²) in [7, 11) is 1.57. The standard InChI is InChI=1S/C22H27ClN2O3/c1-5-19(22(27)24-4)25(13-17-8-6-7-9-18(17)23)21(26)14-28-20-12-15(2)10-11-16(20)3/h6-12,19H,5,13-14H2,1-4H3,(H,24,27)/t19-/m1/s1. The van der Waals surface area contributed by atoms with Gasteiger partial charge in [0.2, 0.25) is 5.91 Å². The third-order valence-electron chi connectivity index (χ3n) is 4.63. The van der Waals surface area contributed by atoms with E-state index in [9.17, 15) is 9.59 Å². The van der Waals surface area contributed by atoms with Gasteiger partial charge in [-0.2, -0.15) is 0 Å². The van der Waals surface area contributed by atoms with Crippen molar-refractivity contribution >= 4 is 23.4 Å². The first-order chi connectivity index (χ1) is 13.4. The second-order valence-electron chi connectivity index (χ2n) is 6.71. The molecule has 0 spiro atoms. The van der Waals surface area contributed by atoms with Crippen molar-refractivity contribution in [1.82, 2.24) is 10.2 Å². The normalized spacial score (nSPS) is 11.6. The number of nitrogens with one attached hydrogen (secondary N) is 1. The molecule has 1 atom stereocenters. The van der Waals surface area contributed by atoms with Crippen LogP contribution in [0, 0.1) is 13.8 Å². The quantitative estimate of drug-likeness (QED) is 0.728. The van der Waals surface area contributed by atoms with E-state index in [1.165, 1.54) is 4.90 Å². The zero-order chi connectivity index (χ0) is 20.7. The molecular weight excluding hydrogens is 376 g/mol. The summed E-state index contributed by atoms with van der Waals surface area (Å²) < 4.78 is 5.78. The third-order valence-corrected chi connectivity index (χ3v) is 4.99. The number of benzene rings is 2. The average molecular weight is 403 g/mol. The van der Waals surface area contributed by atoms with Crippen LogP contribution in [0.25, 0.3) is 0 Å². The Kier molecular flexibility index (Phi) is 7.88. The Balaban J connectivity index is 2.24. The Morgan fingerprint density at radius 1 is 1.18 bits per heavy atom. The molecule has 0 saturated carbocycles. The number of rotatable bonds is 8. The van der Waals surface area contributed by atoms with Crippen molar-refractivity contribution in [3.63, 3.8) is 0 Å². The number of carbonyl (C=O) groups is 2. The lowest BCUT2D eigenvalue weighted by Crippen LogP contribution is -2.49. The number of amides is 2. The molecule has 0 fully saturated rings. The van der Waals surface area contributed by atoms with Crippen molar-refractivity contribution in [2.75, 3.05) is 13.7 Å². The van der Waals surface area contributed by atoms with Gasteiger partial charge in [0, 0.05) is 18.6 Å². The van der Waals surface area contributed by atoms with Crippen molar-refractivity contribution in [3.8, 4) is 5.75 Å². The number of hydrogen-bond donors (Lipinski definition) is 1. The van der Waals surface area contributed by atoms with Crippen LogP contribution in [0.4, 0.5) is 0 Å². The van der Waals surface area contributed by atoms with Gasteiger partial charge in [-0.25, -0.2) is 0 Å². The fraction of sp³-hybridized carbons (Fsp3) is 0.364. The molecule has 0 bridgehead atoms. The molecule has 0 saturated heterocycles. The van der Waals surface area contributed by atoms with Crippen molar-refractivity contribution < 1.29 is 14.3 Å². The van der Waals surface area contributed by atoms with E-state index < -0.39 is 6.04 Å². The monoisotopic (exact) mass is 402 g/mol. The van der Waals surface area contributed by atoms with E-state index in [0.717, 1.165) is 16.7 Å². The van der Waals surface area contributed by atoms with E-state index in [2.05, 4.69) is 5.32 Å². The first-order valence-electron chi connectivity index (χ1n) is 9.31. The number of likely N-dealkylation sites (N-methyl/N-ethyl adjacent to an activating group) is 1. The minimum atomic E-state index is -0.601. The maximum atomic E-state index is 13.0. The second-order valence-corrected chi connectivity index (χ2v) is 7.12. The summed E-state index contributed by atoms with van der Waals surface area (Å²) in [6.07, 6.45) is 0.485. The van der Waals surface area contributed by atoms with Gasteiger partial charge in [0.1, 0.15) is 11.8 Å². The van der Waals surface area contributed by atoms with Crippen molar-refractivity contribution in [2.24, 2.45) is 0 Å². The van der Waals surface area contributed by atoms with Gasteiger partial charge in [-0.15, -0.1) is 0 Å². The minimum Gasteiger partial charge on any atom is -0.483 e. The van der Waals surface area contributed by atoms with Crippen LogP contribution in [-0.4, -0.2) is 36.4 Å². The molecule has 2 amide bonds. The molecule has 0 aliphatic rings. The Hall–Kier alpha value is -2.53. The van der Waals surface area contributed by atoms with Gasteiger partial charge < -0.3 is 15.0 Å². The van der Waals surface area contributed by atoms with Crippen LogP contribution in [0.1, 0.15) is 30.0 Å². The Morgan fingerprint density at radius 2 is 1.89 bits per heavy atom. The topological polar surface area (TPSA) is 58.6 Å². The van der Waals surface area contributed by atoms with Crippen LogP contribution >= 0.6 is 11.6 Å². The number of hydrogen-bond acceptors (Lipinski definition) is 3. The lowest BCUT2D eigenvalue weighted by Gasteiger charge is -2.30. The van der Waals surface area contributed by atoms with Crippen LogP contribution in [-0.2, 0) is 16.1 Å². The summed E-state index contributed by atoms with van der Waals surface area (Å²) in [6.45, 7) is 5.86. The van der Waals surface area contributed by atoms with Crippen molar-refractivity contribution in [2.45, 2.75) is 39.8 Å². The van der Waals surface area contributed by atoms with Gasteiger partial charge in [0.05, 0.1) is 0 Å². The number of carbonyl (C=O) groups excluding carboxylic acids is 2. The minimum absolute atomic E-state index is 0.151. The highest BCUT2D eigenvalue weighted by atomic mass is 35.5. The van der Waals surface area contributed by atoms with Crippen LogP contribution in [0.3, 0.4) is 0 Å². The highest BCUT2D eigenvalue weighted by Crippen LogP contribution is 2.22. The molecule has 150 valence electrons. The molecule has 28 heavy (non-hydrogen) atoms. The van der Waals surface area contributed by atoms with E-state index in [0.29, 0.717) is 17.2 Å². The molecule has 5 nitrogen and oxygen atoms in total. The highest BCUT2D eigenvalue weighted by molar-refractivity contribution is 6.31. The van der Waals surface area contributed by atoms with Gasteiger partial charge in [-0.05, 0) is 49.1 Å². The summed E-state index contributed by atoms with van der Waals surface area (Å²) in [6, 6.07) is 12.6. The first kappa shape index (κ1) is 21.8. The van der Waals surface area contributed by atoms with Crippen LogP contribution < -0.4 is 10.1 Å². The van der Waals surface area contributed by atoms with Crippen LogP contribution in [0.2, 0.25) is 5.02 Å². The smallest absolute Gasteiger partial charge is 0.261 e. The van der Waals surface area contributed by atoms with Gasteiger partial charge in [-0.3, -0.25) is 9.59 Å². The Bertz CT molecular complexity index is 838. The van der Waals surface area contributed by atoms with E-state index in [-0.39, 0.29) is 25.0 Å². The maximum Gasteiger partial charge on any atom is 0.261 e. The fourth-order valence-electron chi connectivity index (χ4n) is 2.98. The summed E-state index contributed by atoms with van der Waals surface area (Å²) in [5.74, 6) is 0.185. The molecule has 2 aromatic carbocycles. The largest absolute Gasteiger partial charge is 0.483 e. The maximum absolute atomic E-state index is 13.0. The second kappa shape index (κ2) is 10.1. The molecule has 0 radical (unpaired) electrons. The van der Waals surface area contributed by atoms with Gasteiger partial charge in [0.15, 0.2) is 6.61 Å². The summed E-state index contributed by atoms with van der Waals surface area (Å²) in [5.41, 5.74) is 2.79. The van der Waals surface area contributed by atoms with E-state index in [4.69, 9.17) is 16.3 Å². The Labute approximate surface area is 171 Å².